The molecule has 5 heteroatoms. The summed E-state index contributed by atoms with van der Waals surface area (Å²) in [6, 6.07) is 5.62. The summed E-state index contributed by atoms with van der Waals surface area (Å²) in [5.74, 6) is 1.10. The van der Waals surface area contributed by atoms with Crippen molar-refractivity contribution in [1.82, 2.24) is 4.90 Å². The SMILES string of the molecule is COc1ccc(Cl)cc1N1CCN(C(=O)C(C)C)CC1. The molecule has 20 heavy (non-hydrogen) atoms. The highest BCUT2D eigenvalue weighted by atomic mass is 35.5. The topological polar surface area (TPSA) is 32.8 Å². The number of hydrogen-bond acceptors (Lipinski definition) is 3. The number of nitrogens with zero attached hydrogens (tertiary/aromatic N) is 2. The number of hydrogen-bond donors (Lipinski definition) is 0. The molecule has 4 nitrogen and oxygen atoms in total. The molecule has 0 bridgehead atoms. The molecule has 0 unspecified atom stereocenters. The smallest absolute Gasteiger partial charge is 0.225 e. The van der Waals surface area contributed by atoms with Crippen LogP contribution in [0.2, 0.25) is 5.02 Å². The lowest BCUT2D eigenvalue weighted by molar-refractivity contribution is -0.134. The summed E-state index contributed by atoms with van der Waals surface area (Å²) in [4.78, 5) is 16.1. The van der Waals surface area contributed by atoms with E-state index in [2.05, 4.69) is 4.90 Å². The standard InChI is InChI=1S/C15H21ClN2O2/c1-11(2)15(19)18-8-6-17(7-9-18)13-10-12(16)4-5-14(13)20-3/h4-5,10-11H,6-9H2,1-3H3. The van der Waals surface area contributed by atoms with E-state index in [1.54, 1.807) is 7.11 Å². The fourth-order valence-electron chi connectivity index (χ4n) is 2.44. The zero-order chi connectivity index (χ0) is 14.7. The summed E-state index contributed by atoms with van der Waals surface area (Å²) < 4.78 is 5.39. The van der Waals surface area contributed by atoms with Crippen molar-refractivity contribution in [2.75, 3.05) is 38.2 Å². The predicted molar refractivity (Wildman–Crippen MR) is 81.6 cm³/mol. The number of amides is 1. The molecule has 2 rings (SSSR count). The van der Waals surface area contributed by atoms with Crippen LogP contribution in [-0.2, 0) is 4.79 Å². The molecule has 0 aromatic heterocycles. The molecule has 1 aliphatic heterocycles. The molecular formula is C15H21ClN2O2. The Kier molecular flexibility index (Phi) is 4.76. The minimum atomic E-state index is 0.0576. The maximum absolute atomic E-state index is 12.0. The van der Waals surface area contributed by atoms with Gasteiger partial charge in [-0.2, -0.15) is 0 Å². The number of rotatable bonds is 3. The van der Waals surface area contributed by atoms with Gasteiger partial charge in [0, 0.05) is 37.1 Å². The number of anilines is 1. The minimum Gasteiger partial charge on any atom is -0.495 e. The van der Waals surface area contributed by atoms with Gasteiger partial charge in [0.2, 0.25) is 5.91 Å². The number of carbonyl (C=O) groups is 1. The molecule has 0 aliphatic carbocycles. The van der Waals surface area contributed by atoms with Crippen molar-refractivity contribution in [3.05, 3.63) is 23.2 Å². The van der Waals surface area contributed by atoms with E-state index >= 15 is 0 Å². The van der Waals surface area contributed by atoms with Crippen LogP contribution >= 0.6 is 11.6 Å². The second-order valence-corrected chi connectivity index (χ2v) is 5.72. The Morgan fingerprint density at radius 2 is 1.90 bits per heavy atom. The van der Waals surface area contributed by atoms with Gasteiger partial charge in [-0.15, -0.1) is 0 Å². The number of benzene rings is 1. The lowest BCUT2D eigenvalue weighted by atomic mass is 10.1. The van der Waals surface area contributed by atoms with Crippen LogP contribution in [0.4, 0.5) is 5.69 Å². The Hall–Kier alpha value is -1.42. The van der Waals surface area contributed by atoms with E-state index in [9.17, 15) is 4.79 Å². The van der Waals surface area contributed by atoms with Gasteiger partial charge in [0.15, 0.2) is 0 Å². The van der Waals surface area contributed by atoms with Crippen molar-refractivity contribution in [3.63, 3.8) is 0 Å². The molecule has 0 radical (unpaired) electrons. The Labute approximate surface area is 125 Å². The van der Waals surface area contributed by atoms with E-state index in [0.29, 0.717) is 5.02 Å². The average molecular weight is 297 g/mol. The van der Waals surface area contributed by atoms with Crippen LogP contribution in [0.1, 0.15) is 13.8 Å². The highest BCUT2D eigenvalue weighted by Crippen LogP contribution is 2.31. The molecule has 1 saturated heterocycles. The molecule has 1 aromatic rings. The third-order valence-corrected chi connectivity index (χ3v) is 3.80. The van der Waals surface area contributed by atoms with Crippen molar-refractivity contribution in [3.8, 4) is 5.75 Å². The quantitative estimate of drug-likeness (QED) is 0.860. The first kappa shape index (κ1) is 15.0. The molecule has 1 aliphatic rings. The largest absolute Gasteiger partial charge is 0.495 e. The third-order valence-electron chi connectivity index (χ3n) is 3.57. The Morgan fingerprint density at radius 3 is 2.45 bits per heavy atom. The van der Waals surface area contributed by atoms with Crippen molar-refractivity contribution >= 4 is 23.2 Å². The third kappa shape index (κ3) is 3.18. The van der Waals surface area contributed by atoms with E-state index < -0.39 is 0 Å². The molecule has 110 valence electrons. The van der Waals surface area contributed by atoms with Crippen molar-refractivity contribution in [2.24, 2.45) is 5.92 Å². The van der Waals surface area contributed by atoms with E-state index in [0.717, 1.165) is 37.6 Å². The Morgan fingerprint density at radius 1 is 1.25 bits per heavy atom. The van der Waals surface area contributed by atoms with Gasteiger partial charge in [-0.05, 0) is 18.2 Å². The summed E-state index contributed by atoms with van der Waals surface area (Å²) in [6.07, 6.45) is 0. The molecule has 0 spiro atoms. The number of halogens is 1. The number of ether oxygens (including phenoxy) is 1. The van der Waals surface area contributed by atoms with E-state index in [1.165, 1.54) is 0 Å². The van der Waals surface area contributed by atoms with Gasteiger partial charge in [0.25, 0.3) is 0 Å². The zero-order valence-corrected chi connectivity index (χ0v) is 13.0. The van der Waals surface area contributed by atoms with Crippen LogP contribution in [-0.4, -0.2) is 44.1 Å². The van der Waals surface area contributed by atoms with Crippen LogP contribution < -0.4 is 9.64 Å². The molecular weight excluding hydrogens is 276 g/mol. The summed E-state index contributed by atoms with van der Waals surface area (Å²) in [6.45, 7) is 6.97. The monoisotopic (exact) mass is 296 g/mol. The zero-order valence-electron chi connectivity index (χ0n) is 12.2. The predicted octanol–water partition coefficient (Wildman–Crippen LogP) is 2.65. The molecule has 1 heterocycles. The number of piperazine rings is 1. The Bertz CT molecular complexity index is 483. The molecule has 1 fully saturated rings. The van der Waals surface area contributed by atoms with Gasteiger partial charge < -0.3 is 14.5 Å². The van der Waals surface area contributed by atoms with Gasteiger partial charge >= 0.3 is 0 Å². The van der Waals surface area contributed by atoms with Gasteiger partial charge in [-0.3, -0.25) is 4.79 Å². The summed E-state index contributed by atoms with van der Waals surface area (Å²) in [5, 5.41) is 0.696. The van der Waals surface area contributed by atoms with Gasteiger partial charge in [-0.25, -0.2) is 0 Å². The summed E-state index contributed by atoms with van der Waals surface area (Å²) in [7, 11) is 1.66. The molecule has 0 atom stereocenters. The molecule has 1 amide bonds. The maximum atomic E-state index is 12.0. The van der Waals surface area contributed by atoms with E-state index in [4.69, 9.17) is 16.3 Å². The van der Waals surface area contributed by atoms with Crippen LogP contribution in [0.5, 0.6) is 5.75 Å². The summed E-state index contributed by atoms with van der Waals surface area (Å²) in [5.41, 5.74) is 0.997. The van der Waals surface area contributed by atoms with Crippen LogP contribution in [0.25, 0.3) is 0 Å². The minimum absolute atomic E-state index is 0.0576. The van der Waals surface area contributed by atoms with Gasteiger partial charge in [0.1, 0.15) is 5.75 Å². The number of carbonyl (C=O) groups excluding carboxylic acids is 1. The van der Waals surface area contributed by atoms with E-state index in [-0.39, 0.29) is 11.8 Å². The van der Waals surface area contributed by atoms with E-state index in [1.807, 2.05) is 36.9 Å². The average Bonchev–Trinajstić information content (AvgIpc) is 2.46. The molecule has 0 saturated carbocycles. The lowest BCUT2D eigenvalue weighted by Crippen LogP contribution is -2.50. The maximum Gasteiger partial charge on any atom is 0.225 e. The van der Waals surface area contributed by atoms with Crippen molar-refractivity contribution < 1.29 is 9.53 Å². The van der Waals surface area contributed by atoms with Crippen LogP contribution in [0.15, 0.2) is 18.2 Å². The lowest BCUT2D eigenvalue weighted by Gasteiger charge is -2.37. The first-order chi connectivity index (χ1) is 9.52. The van der Waals surface area contributed by atoms with Crippen LogP contribution in [0, 0.1) is 5.92 Å². The van der Waals surface area contributed by atoms with Gasteiger partial charge in [-0.1, -0.05) is 25.4 Å². The highest BCUT2D eigenvalue weighted by Gasteiger charge is 2.24. The first-order valence-corrected chi connectivity index (χ1v) is 7.28. The fourth-order valence-corrected chi connectivity index (χ4v) is 2.61. The Balaban J connectivity index is 2.07. The second kappa shape index (κ2) is 6.35. The molecule has 0 N–H and O–H groups in total. The number of methoxy groups -OCH3 is 1. The van der Waals surface area contributed by atoms with Crippen molar-refractivity contribution in [1.29, 1.82) is 0 Å². The second-order valence-electron chi connectivity index (χ2n) is 5.28. The normalized spacial score (nSPS) is 15.7. The van der Waals surface area contributed by atoms with Crippen LogP contribution in [0.3, 0.4) is 0 Å². The van der Waals surface area contributed by atoms with Crippen molar-refractivity contribution in [2.45, 2.75) is 13.8 Å². The van der Waals surface area contributed by atoms with Gasteiger partial charge in [0.05, 0.1) is 12.8 Å². The highest BCUT2D eigenvalue weighted by molar-refractivity contribution is 6.30. The first-order valence-electron chi connectivity index (χ1n) is 6.90. The fraction of sp³-hybridized carbons (Fsp3) is 0.533. The summed E-state index contributed by atoms with van der Waals surface area (Å²) >= 11 is 6.07. The molecule has 1 aromatic carbocycles.